The SMILES string of the molecule is Cc1cccc(CC(c2cccnc2)C(C#N)C#N)n1. The Labute approximate surface area is 118 Å². The Bertz CT molecular complexity index is 638. The highest BCUT2D eigenvalue weighted by atomic mass is 14.7. The average molecular weight is 262 g/mol. The predicted molar refractivity (Wildman–Crippen MR) is 74.4 cm³/mol. The van der Waals surface area contributed by atoms with Crippen LogP contribution in [0.4, 0.5) is 0 Å². The van der Waals surface area contributed by atoms with Crippen molar-refractivity contribution in [3.63, 3.8) is 0 Å². The summed E-state index contributed by atoms with van der Waals surface area (Å²) in [5.41, 5.74) is 2.70. The number of aryl methyl sites for hydroxylation is 1. The largest absolute Gasteiger partial charge is 0.264 e. The number of hydrogen-bond donors (Lipinski definition) is 0. The van der Waals surface area contributed by atoms with Gasteiger partial charge in [0.2, 0.25) is 0 Å². The van der Waals surface area contributed by atoms with Crippen LogP contribution >= 0.6 is 0 Å². The summed E-state index contributed by atoms with van der Waals surface area (Å²) < 4.78 is 0. The zero-order valence-corrected chi connectivity index (χ0v) is 11.2. The number of nitriles is 2. The summed E-state index contributed by atoms with van der Waals surface area (Å²) >= 11 is 0. The van der Waals surface area contributed by atoms with E-state index in [4.69, 9.17) is 0 Å². The van der Waals surface area contributed by atoms with Crippen LogP contribution < -0.4 is 0 Å². The Balaban J connectivity index is 2.33. The van der Waals surface area contributed by atoms with Crippen LogP contribution in [0.25, 0.3) is 0 Å². The van der Waals surface area contributed by atoms with Crippen LogP contribution in [0.3, 0.4) is 0 Å². The van der Waals surface area contributed by atoms with Crippen molar-refractivity contribution in [1.82, 2.24) is 9.97 Å². The van der Waals surface area contributed by atoms with E-state index >= 15 is 0 Å². The summed E-state index contributed by atoms with van der Waals surface area (Å²) in [6, 6.07) is 13.6. The van der Waals surface area contributed by atoms with Crippen LogP contribution in [0.2, 0.25) is 0 Å². The molecule has 0 saturated heterocycles. The van der Waals surface area contributed by atoms with Gasteiger partial charge in [-0.2, -0.15) is 10.5 Å². The average Bonchev–Trinajstić information content (AvgIpc) is 2.48. The Kier molecular flexibility index (Phi) is 4.42. The van der Waals surface area contributed by atoms with Gasteiger partial charge in [0.25, 0.3) is 0 Å². The molecule has 98 valence electrons. The zero-order valence-electron chi connectivity index (χ0n) is 11.2. The monoisotopic (exact) mass is 262 g/mol. The maximum atomic E-state index is 9.18. The minimum absolute atomic E-state index is 0.215. The van der Waals surface area contributed by atoms with Crippen molar-refractivity contribution < 1.29 is 0 Å². The summed E-state index contributed by atoms with van der Waals surface area (Å²) in [5, 5.41) is 18.4. The third-order valence-corrected chi connectivity index (χ3v) is 3.17. The van der Waals surface area contributed by atoms with Crippen LogP contribution in [0.15, 0.2) is 42.7 Å². The molecule has 0 amide bonds. The molecular weight excluding hydrogens is 248 g/mol. The molecule has 0 saturated carbocycles. The smallest absolute Gasteiger partial charge is 0.140 e. The van der Waals surface area contributed by atoms with E-state index in [0.29, 0.717) is 6.42 Å². The van der Waals surface area contributed by atoms with Crippen molar-refractivity contribution in [2.75, 3.05) is 0 Å². The van der Waals surface area contributed by atoms with Crippen LogP contribution in [-0.4, -0.2) is 9.97 Å². The molecule has 0 aromatic carbocycles. The molecule has 2 aromatic rings. The summed E-state index contributed by atoms with van der Waals surface area (Å²) in [6.07, 6.45) is 3.94. The number of hydrogen-bond acceptors (Lipinski definition) is 4. The maximum Gasteiger partial charge on any atom is 0.140 e. The minimum atomic E-state index is -0.707. The normalized spacial score (nSPS) is 11.6. The maximum absolute atomic E-state index is 9.18. The molecule has 2 rings (SSSR count). The Morgan fingerprint density at radius 1 is 1.15 bits per heavy atom. The molecule has 0 radical (unpaired) electrons. The predicted octanol–water partition coefficient (Wildman–Crippen LogP) is 2.77. The summed E-state index contributed by atoms with van der Waals surface area (Å²) in [6.45, 7) is 1.93. The van der Waals surface area contributed by atoms with Gasteiger partial charge in [0.05, 0.1) is 12.1 Å². The van der Waals surface area contributed by atoms with Gasteiger partial charge in [-0.05, 0) is 37.1 Å². The van der Waals surface area contributed by atoms with Gasteiger partial charge in [0, 0.05) is 29.7 Å². The van der Waals surface area contributed by atoms with Gasteiger partial charge in [-0.3, -0.25) is 9.97 Å². The van der Waals surface area contributed by atoms with Crippen molar-refractivity contribution in [2.45, 2.75) is 19.3 Å². The molecule has 20 heavy (non-hydrogen) atoms. The zero-order chi connectivity index (χ0) is 14.4. The molecule has 1 unspecified atom stereocenters. The van der Waals surface area contributed by atoms with Crippen LogP contribution in [0.5, 0.6) is 0 Å². The first kappa shape index (κ1) is 13.7. The number of pyridine rings is 2. The van der Waals surface area contributed by atoms with Gasteiger partial charge < -0.3 is 0 Å². The van der Waals surface area contributed by atoms with Crippen LogP contribution in [0.1, 0.15) is 22.9 Å². The van der Waals surface area contributed by atoms with Gasteiger partial charge in [-0.15, -0.1) is 0 Å². The molecule has 0 aliphatic carbocycles. The quantitative estimate of drug-likeness (QED) is 0.849. The van der Waals surface area contributed by atoms with E-state index in [1.54, 1.807) is 12.4 Å². The molecule has 0 bridgehead atoms. The Hall–Kier alpha value is -2.72. The third-order valence-electron chi connectivity index (χ3n) is 3.17. The van der Waals surface area contributed by atoms with Crippen molar-refractivity contribution in [2.24, 2.45) is 5.92 Å². The van der Waals surface area contributed by atoms with E-state index in [0.717, 1.165) is 17.0 Å². The second kappa shape index (κ2) is 6.45. The van der Waals surface area contributed by atoms with Gasteiger partial charge in [0.1, 0.15) is 5.92 Å². The highest BCUT2D eigenvalue weighted by Crippen LogP contribution is 2.27. The van der Waals surface area contributed by atoms with Crippen molar-refractivity contribution >= 4 is 0 Å². The van der Waals surface area contributed by atoms with Crippen molar-refractivity contribution in [1.29, 1.82) is 10.5 Å². The molecule has 4 heteroatoms. The number of nitrogens with zero attached hydrogens (tertiary/aromatic N) is 4. The number of aromatic nitrogens is 2. The highest BCUT2D eigenvalue weighted by Gasteiger charge is 2.24. The lowest BCUT2D eigenvalue weighted by Crippen LogP contribution is -2.14. The standard InChI is InChI=1S/C16H14N4/c1-12-4-2-6-15(20-12)8-16(14(9-17)10-18)13-5-3-7-19-11-13/h2-7,11,14,16H,8H2,1H3. The first-order valence-electron chi connectivity index (χ1n) is 6.36. The molecule has 0 fully saturated rings. The third kappa shape index (κ3) is 3.18. The van der Waals surface area contributed by atoms with Gasteiger partial charge >= 0.3 is 0 Å². The second-order valence-corrected chi connectivity index (χ2v) is 4.60. The molecule has 0 aliphatic rings. The van der Waals surface area contributed by atoms with E-state index in [-0.39, 0.29) is 5.92 Å². The molecular formula is C16H14N4. The van der Waals surface area contributed by atoms with Crippen LogP contribution in [0, 0.1) is 35.5 Å². The fourth-order valence-corrected chi connectivity index (χ4v) is 2.17. The van der Waals surface area contributed by atoms with Gasteiger partial charge in [-0.25, -0.2) is 0 Å². The highest BCUT2D eigenvalue weighted by molar-refractivity contribution is 5.25. The fourth-order valence-electron chi connectivity index (χ4n) is 2.17. The molecule has 4 nitrogen and oxygen atoms in total. The molecule has 0 aliphatic heterocycles. The first-order valence-corrected chi connectivity index (χ1v) is 6.36. The van der Waals surface area contributed by atoms with E-state index in [9.17, 15) is 10.5 Å². The van der Waals surface area contributed by atoms with E-state index in [1.165, 1.54) is 0 Å². The summed E-state index contributed by atoms with van der Waals surface area (Å²) in [7, 11) is 0. The molecule has 0 spiro atoms. The summed E-state index contributed by atoms with van der Waals surface area (Å²) in [5.74, 6) is -0.922. The molecule has 1 atom stereocenters. The van der Waals surface area contributed by atoms with E-state index < -0.39 is 5.92 Å². The summed E-state index contributed by atoms with van der Waals surface area (Å²) in [4.78, 5) is 8.53. The second-order valence-electron chi connectivity index (χ2n) is 4.60. The molecule has 2 heterocycles. The lowest BCUT2D eigenvalue weighted by molar-refractivity contribution is 0.597. The van der Waals surface area contributed by atoms with E-state index in [2.05, 4.69) is 22.1 Å². The number of rotatable bonds is 4. The molecule has 0 N–H and O–H groups in total. The Morgan fingerprint density at radius 2 is 1.95 bits per heavy atom. The Morgan fingerprint density at radius 3 is 2.55 bits per heavy atom. The van der Waals surface area contributed by atoms with Gasteiger partial charge in [0.15, 0.2) is 0 Å². The first-order chi connectivity index (χ1) is 9.74. The molecule has 2 aromatic heterocycles. The van der Waals surface area contributed by atoms with E-state index in [1.807, 2.05) is 37.3 Å². The van der Waals surface area contributed by atoms with Gasteiger partial charge in [-0.1, -0.05) is 12.1 Å². The topological polar surface area (TPSA) is 73.4 Å². The van der Waals surface area contributed by atoms with Crippen LogP contribution in [-0.2, 0) is 6.42 Å². The fraction of sp³-hybridized carbons (Fsp3) is 0.250. The minimum Gasteiger partial charge on any atom is -0.264 e. The van der Waals surface area contributed by atoms with Crippen molar-refractivity contribution in [3.05, 3.63) is 59.7 Å². The van der Waals surface area contributed by atoms with Crippen molar-refractivity contribution in [3.8, 4) is 12.1 Å². The lowest BCUT2D eigenvalue weighted by Gasteiger charge is -2.17. The lowest BCUT2D eigenvalue weighted by atomic mass is 9.85.